The third-order valence-corrected chi connectivity index (χ3v) is 5.90. The molecule has 0 spiro atoms. The Morgan fingerprint density at radius 3 is 2.50 bits per heavy atom. The van der Waals surface area contributed by atoms with Crippen molar-refractivity contribution in [2.45, 2.75) is 24.3 Å². The van der Waals surface area contributed by atoms with E-state index in [9.17, 15) is 8.42 Å². The van der Waals surface area contributed by atoms with Crippen LogP contribution in [0.3, 0.4) is 0 Å². The number of halogens is 1. The van der Waals surface area contributed by atoms with Gasteiger partial charge < -0.3 is 15.2 Å². The fourth-order valence-electron chi connectivity index (χ4n) is 2.73. The average molecular weight is 351 g/mol. The summed E-state index contributed by atoms with van der Waals surface area (Å²) in [6.45, 7) is 2.84. The molecular formula is C14H23ClN2O4S. The van der Waals surface area contributed by atoms with Gasteiger partial charge in [0.1, 0.15) is 16.4 Å². The molecule has 1 aliphatic rings. The second kappa shape index (κ2) is 7.50. The number of ether oxygens (including phenoxy) is 2. The molecule has 1 fully saturated rings. The molecule has 1 saturated heterocycles. The highest BCUT2D eigenvalue weighted by Crippen LogP contribution is 2.35. The summed E-state index contributed by atoms with van der Waals surface area (Å²) in [6, 6.07) is 4.71. The van der Waals surface area contributed by atoms with Crippen LogP contribution in [-0.2, 0) is 10.0 Å². The topological polar surface area (TPSA) is 81.9 Å². The molecule has 0 saturated carbocycles. The van der Waals surface area contributed by atoms with E-state index in [4.69, 9.17) is 15.2 Å². The van der Waals surface area contributed by atoms with Crippen molar-refractivity contribution < 1.29 is 17.9 Å². The largest absolute Gasteiger partial charge is 0.497 e. The van der Waals surface area contributed by atoms with Crippen LogP contribution in [0.25, 0.3) is 0 Å². The summed E-state index contributed by atoms with van der Waals surface area (Å²) in [6.07, 6.45) is 0.780. The lowest BCUT2D eigenvalue weighted by atomic mass is 10.1. The predicted octanol–water partition coefficient (Wildman–Crippen LogP) is 1.48. The maximum atomic E-state index is 12.9. The van der Waals surface area contributed by atoms with E-state index in [1.54, 1.807) is 12.1 Å². The number of methoxy groups -OCH3 is 2. The van der Waals surface area contributed by atoms with E-state index < -0.39 is 10.0 Å². The van der Waals surface area contributed by atoms with E-state index in [2.05, 4.69) is 0 Å². The highest BCUT2D eigenvalue weighted by Gasteiger charge is 2.38. The Kier molecular flexibility index (Phi) is 6.49. The predicted molar refractivity (Wildman–Crippen MR) is 87.3 cm³/mol. The highest BCUT2D eigenvalue weighted by molar-refractivity contribution is 7.89. The maximum absolute atomic E-state index is 12.9. The Morgan fingerprint density at radius 2 is 2.00 bits per heavy atom. The smallest absolute Gasteiger partial charge is 0.247 e. The van der Waals surface area contributed by atoms with Gasteiger partial charge in [0.2, 0.25) is 10.0 Å². The minimum atomic E-state index is -3.63. The number of nitrogens with zero attached hydrogens (tertiary/aromatic N) is 1. The minimum Gasteiger partial charge on any atom is -0.497 e. The zero-order valence-electron chi connectivity index (χ0n) is 13.0. The first-order valence-electron chi connectivity index (χ1n) is 6.88. The molecule has 126 valence electrons. The Hall–Kier alpha value is -1.02. The van der Waals surface area contributed by atoms with Crippen LogP contribution in [0.2, 0.25) is 0 Å². The van der Waals surface area contributed by atoms with Crippen molar-refractivity contribution in [1.82, 2.24) is 4.31 Å². The van der Waals surface area contributed by atoms with Gasteiger partial charge in [0, 0.05) is 18.7 Å². The summed E-state index contributed by atoms with van der Waals surface area (Å²) in [7, 11) is -0.677. The molecule has 22 heavy (non-hydrogen) atoms. The molecule has 6 nitrogen and oxygen atoms in total. The number of sulfonamides is 1. The lowest BCUT2D eigenvalue weighted by molar-refractivity contribution is 0.379. The van der Waals surface area contributed by atoms with Crippen LogP contribution >= 0.6 is 12.4 Å². The molecule has 2 rings (SSSR count). The van der Waals surface area contributed by atoms with E-state index in [0.717, 1.165) is 6.42 Å². The molecule has 2 unspecified atom stereocenters. The van der Waals surface area contributed by atoms with Crippen LogP contribution < -0.4 is 15.2 Å². The van der Waals surface area contributed by atoms with Crippen molar-refractivity contribution in [3.63, 3.8) is 0 Å². The average Bonchev–Trinajstić information content (AvgIpc) is 2.88. The molecule has 1 aromatic carbocycles. The Bertz CT molecular complexity index is 609. The van der Waals surface area contributed by atoms with Crippen LogP contribution in [-0.4, -0.2) is 46.1 Å². The van der Waals surface area contributed by atoms with Crippen LogP contribution in [0.15, 0.2) is 23.1 Å². The van der Waals surface area contributed by atoms with Gasteiger partial charge in [-0.3, -0.25) is 0 Å². The summed E-state index contributed by atoms with van der Waals surface area (Å²) in [5.74, 6) is 1.00. The SMILES string of the molecule is COc1ccc(OC)c(S(=O)(=O)N2CC(CN)CC2C)c1.Cl. The Balaban J connectivity index is 0.00000242. The number of hydrogen-bond donors (Lipinski definition) is 1. The van der Waals surface area contributed by atoms with Gasteiger partial charge in [0.05, 0.1) is 14.2 Å². The van der Waals surface area contributed by atoms with E-state index >= 15 is 0 Å². The first kappa shape index (κ1) is 19.0. The standard InChI is InChI=1S/C14H22N2O4S.ClH/c1-10-6-11(8-15)9-16(10)21(17,18)14-7-12(19-2)4-5-13(14)20-3;/h4-5,7,10-11H,6,8-9,15H2,1-3H3;1H. The fourth-order valence-corrected chi connectivity index (χ4v) is 4.62. The quantitative estimate of drug-likeness (QED) is 0.869. The summed E-state index contributed by atoms with van der Waals surface area (Å²) in [5, 5.41) is 0. The Labute approximate surface area is 138 Å². The van der Waals surface area contributed by atoms with Gasteiger partial charge in [-0.25, -0.2) is 8.42 Å². The molecule has 0 aliphatic carbocycles. The zero-order chi connectivity index (χ0) is 15.6. The maximum Gasteiger partial charge on any atom is 0.247 e. The zero-order valence-corrected chi connectivity index (χ0v) is 14.6. The molecule has 2 atom stereocenters. The van der Waals surface area contributed by atoms with Crippen molar-refractivity contribution in [2.75, 3.05) is 27.3 Å². The van der Waals surface area contributed by atoms with Gasteiger partial charge in [0.15, 0.2) is 0 Å². The van der Waals surface area contributed by atoms with E-state index in [-0.39, 0.29) is 29.3 Å². The normalized spacial score (nSPS) is 22.2. The summed E-state index contributed by atoms with van der Waals surface area (Å²) >= 11 is 0. The first-order chi connectivity index (χ1) is 9.93. The van der Waals surface area contributed by atoms with Crippen molar-refractivity contribution >= 4 is 22.4 Å². The molecule has 2 N–H and O–H groups in total. The van der Waals surface area contributed by atoms with Gasteiger partial charge in [-0.1, -0.05) is 0 Å². The second-order valence-electron chi connectivity index (χ2n) is 5.28. The highest BCUT2D eigenvalue weighted by atomic mass is 35.5. The van der Waals surface area contributed by atoms with Gasteiger partial charge in [0.25, 0.3) is 0 Å². The monoisotopic (exact) mass is 350 g/mol. The molecular weight excluding hydrogens is 328 g/mol. The van der Waals surface area contributed by atoms with Crippen LogP contribution in [0, 0.1) is 5.92 Å². The number of nitrogens with two attached hydrogens (primary N) is 1. The molecule has 1 heterocycles. The van der Waals surface area contributed by atoms with Crippen molar-refractivity contribution in [3.05, 3.63) is 18.2 Å². The van der Waals surface area contributed by atoms with E-state index in [1.807, 2.05) is 6.92 Å². The van der Waals surface area contributed by atoms with Gasteiger partial charge >= 0.3 is 0 Å². The van der Waals surface area contributed by atoms with E-state index in [0.29, 0.717) is 24.6 Å². The van der Waals surface area contributed by atoms with Crippen LogP contribution in [0.4, 0.5) is 0 Å². The van der Waals surface area contributed by atoms with Gasteiger partial charge in [-0.15, -0.1) is 12.4 Å². The van der Waals surface area contributed by atoms with Crippen molar-refractivity contribution in [3.8, 4) is 11.5 Å². The summed E-state index contributed by atoms with van der Waals surface area (Å²) < 4.78 is 37.6. The lowest BCUT2D eigenvalue weighted by Gasteiger charge is -2.22. The minimum absolute atomic E-state index is 0. The summed E-state index contributed by atoms with van der Waals surface area (Å²) in [4.78, 5) is 0.133. The molecule has 0 bridgehead atoms. The second-order valence-corrected chi connectivity index (χ2v) is 7.14. The van der Waals surface area contributed by atoms with Gasteiger partial charge in [-0.2, -0.15) is 4.31 Å². The van der Waals surface area contributed by atoms with Gasteiger partial charge in [-0.05, 0) is 37.9 Å². The molecule has 0 aromatic heterocycles. The third-order valence-electron chi connectivity index (χ3n) is 3.89. The van der Waals surface area contributed by atoms with Crippen molar-refractivity contribution in [2.24, 2.45) is 11.7 Å². The van der Waals surface area contributed by atoms with Crippen LogP contribution in [0.5, 0.6) is 11.5 Å². The lowest BCUT2D eigenvalue weighted by Crippen LogP contribution is -2.34. The molecule has 0 amide bonds. The molecule has 1 aromatic rings. The molecule has 0 radical (unpaired) electrons. The summed E-state index contributed by atoms with van der Waals surface area (Å²) in [5.41, 5.74) is 5.68. The molecule has 1 aliphatic heterocycles. The fraction of sp³-hybridized carbons (Fsp3) is 0.571. The number of hydrogen-bond acceptors (Lipinski definition) is 5. The molecule has 8 heteroatoms. The number of rotatable bonds is 5. The van der Waals surface area contributed by atoms with E-state index in [1.165, 1.54) is 24.6 Å². The van der Waals surface area contributed by atoms with Crippen LogP contribution in [0.1, 0.15) is 13.3 Å². The third kappa shape index (κ3) is 3.48. The van der Waals surface area contributed by atoms with Crippen molar-refractivity contribution in [1.29, 1.82) is 0 Å². The number of benzene rings is 1. The Morgan fingerprint density at radius 1 is 1.32 bits per heavy atom. The first-order valence-corrected chi connectivity index (χ1v) is 8.32.